The first-order valence-corrected chi connectivity index (χ1v) is 7.28. The molecule has 0 atom stereocenters. The number of nitrogens with zero attached hydrogens (tertiary/aromatic N) is 1. The quantitative estimate of drug-likeness (QED) is 0.317. The van der Waals surface area contributed by atoms with Crippen molar-refractivity contribution in [2.24, 2.45) is 0 Å². The van der Waals surface area contributed by atoms with E-state index < -0.39 is 0 Å². The standard InChI is InChI=1S/C9H14INS3/c1-4-5-8(12)11(10)9(13)6-7(2)14-3/h6H,4-5H2,1-3H3/b7-6+. The average Bonchev–Trinajstić information content (AvgIpc) is 2.16. The van der Waals surface area contributed by atoms with Gasteiger partial charge in [0.25, 0.3) is 0 Å². The third-order valence-corrected chi connectivity index (χ3v) is 4.73. The highest BCUT2D eigenvalue weighted by Crippen LogP contribution is 2.14. The van der Waals surface area contributed by atoms with E-state index in [1.807, 2.05) is 22.4 Å². The largest absolute Gasteiger partial charge is 0.267 e. The maximum atomic E-state index is 5.25. The van der Waals surface area contributed by atoms with Crippen LogP contribution in [0.3, 0.4) is 0 Å². The van der Waals surface area contributed by atoms with Crippen molar-refractivity contribution in [2.75, 3.05) is 6.26 Å². The molecule has 0 aromatic carbocycles. The molecular formula is C9H14INS3. The molecule has 0 aliphatic carbocycles. The van der Waals surface area contributed by atoms with Crippen molar-refractivity contribution >= 4 is 69.0 Å². The van der Waals surface area contributed by atoms with Crippen molar-refractivity contribution in [1.82, 2.24) is 3.11 Å². The monoisotopic (exact) mass is 359 g/mol. The fraction of sp³-hybridized carbons (Fsp3) is 0.556. The SMILES string of the molecule is CCCC(=S)N(I)C(=S)/C=C(\C)SC. The van der Waals surface area contributed by atoms with Crippen molar-refractivity contribution in [1.29, 1.82) is 0 Å². The molecule has 0 aliphatic rings. The Kier molecular flexibility index (Phi) is 8.47. The minimum Gasteiger partial charge on any atom is -0.267 e. The summed E-state index contributed by atoms with van der Waals surface area (Å²) in [6, 6.07) is 0. The molecule has 0 spiro atoms. The van der Waals surface area contributed by atoms with Gasteiger partial charge in [-0.3, -0.25) is 3.11 Å². The van der Waals surface area contributed by atoms with Crippen LogP contribution in [0.25, 0.3) is 0 Å². The van der Waals surface area contributed by atoms with Crippen LogP contribution in [0.5, 0.6) is 0 Å². The molecule has 0 saturated carbocycles. The van der Waals surface area contributed by atoms with Crippen molar-refractivity contribution < 1.29 is 0 Å². The summed E-state index contributed by atoms with van der Waals surface area (Å²) in [5, 5.41) is 0. The van der Waals surface area contributed by atoms with Gasteiger partial charge in [0.2, 0.25) is 0 Å². The molecule has 0 amide bonds. The molecule has 5 heteroatoms. The number of allylic oxidation sites excluding steroid dienone is 1. The third kappa shape index (κ3) is 5.63. The molecule has 1 nitrogen and oxygen atoms in total. The van der Waals surface area contributed by atoms with Crippen molar-refractivity contribution in [3.63, 3.8) is 0 Å². The van der Waals surface area contributed by atoms with E-state index in [1.165, 1.54) is 4.91 Å². The molecule has 80 valence electrons. The highest BCUT2D eigenvalue weighted by atomic mass is 127. The molecule has 0 radical (unpaired) electrons. The molecule has 0 bridgehead atoms. The molecule has 0 N–H and O–H groups in total. The Balaban J connectivity index is 4.32. The zero-order chi connectivity index (χ0) is 11.1. The van der Waals surface area contributed by atoms with Crippen LogP contribution in [0, 0.1) is 0 Å². The Labute approximate surface area is 115 Å². The predicted molar refractivity (Wildman–Crippen MR) is 83.2 cm³/mol. The fourth-order valence-corrected chi connectivity index (χ4v) is 2.06. The first-order valence-electron chi connectivity index (χ1n) is 4.27. The fourth-order valence-electron chi connectivity index (χ4n) is 0.724. The van der Waals surface area contributed by atoms with Crippen LogP contribution >= 0.6 is 59.1 Å². The Bertz CT molecular complexity index is 250. The van der Waals surface area contributed by atoms with Crippen LogP contribution in [-0.4, -0.2) is 19.3 Å². The van der Waals surface area contributed by atoms with Crippen molar-refractivity contribution in [3.05, 3.63) is 11.0 Å². The van der Waals surface area contributed by atoms with Crippen LogP contribution in [0.2, 0.25) is 0 Å². The topological polar surface area (TPSA) is 3.24 Å². The first kappa shape index (κ1) is 14.8. The van der Waals surface area contributed by atoms with E-state index in [-0.39, 0.29) is 0 Å². The summed E-state index contributed by atoms with van der Waals surface area (Å²) in [6.45, 7) is 4.16. The van der Waals surface area contributed by atoms with E-state index in [4.69, 9.17) is 24.4 Å². The van der Waals surface area contributed by atoms with Gasteiger partial charge in [0.1, 0.15) is 4.99 Å². The number of thioether (sulfide) groups is 1. The van der Waals surface area contributed by atoms with E-state index >= 15 is 0 Å². The van der Waals surface area contributed by atoms with Gasteiger partial charge >= 0.3 is 0 Å². The minimum absolute atomic E-state index is 0.788. The van der Waals surface area contributed by atoms with Gasteiger partial charge in [-0.1, -0.05) is 31.4 Å². The molecule has 0 fully saturated rings. The van der Waals surface area contributed by atoms with Gasteiger partial charge < -0.3 is 0 Å². The molecule has 0 aromatic heterocycles. The molecule has 0 aliphatic heterocycles. The van der Waals surface area contributed by atoms with Gasteiger partial charge in [-0.15, -0.1) is 11.8 Å². The number of rotatable bonds is 4. The number of hydrogen-bond acceptors (Lipinski definition) is 3. The summed E-state index contributed by atoms with van der Waals surface area (Å²) in [4.78, 5) is 2.90. The smallest absolute Gasteiger partial charge is 0.116 e. The lowest BCUT2D eigenvalue weighted by Crippen LogP contribution is -2.23. The van der Waals surface area contributed by atoms with Gasteiger partial charge in [-0.2, -0.15) is 0 Å². The summed E-state index contributed by atoms with van der Waals surface area (Å²) in [7, 11) is 0. The molecule has 14 heavy (non-hydrogen) atoms. The lowest BCUT2D eigenvalue weighted by Gasteiger charge is -2.15. The van der Waals surface area contributed by atoms with Crippen LogP contribution in [0.1, 0.15) is 26.7 Å². The lowest BCUT2D eigenvalue weighted by atomic mass is 10.3. The van der Waals surface area contributed by atoms with Crippen LogP contribution in [0.15, 0.2) is 11.0 Å². The summed E-state index contributed by atoms with van der Waals surface area (Å²) in [6.07, 6.45) is 6.00. The van der Waals surface area contributed by atoms with E-state index in [0.717, 1.165) is 22.8 Å². The maximum Gasteiger partial charge on any atom is 0.116 e. The highest BCUT2D eigenvalue weighted by Gasteiger charge is 2.08. The molecule has 0 saturated heterocycles. The minimum atomic E-state index is 0.788. The van der Waals surface area contributed by atoms with Gasteiger partial charge in [-0.05, 0) is 37.0 Å². The van der Waals surface area contributed by atoms with E-state index in [9.17, 15) is 0 Å². The highest BCUT2D eigenvalue weighted by molar-refractivity contribution is 14.1. The van der Waals surface area contributed by atoms with Crippen molar-refractivity contribution in [2.45, 2.75) is 26.7 Å². The Hall–Kier alpha value is 0.800. The Morgan fingerprint density at radius 1 is 1.50 bits per heavy atom. The van der Waals surface area contributed by atoms with Gasteiger partial charge in [0.15, 0.2) is 0 Å². The normalized spacial score (nSPS) is 11.3. The van der Waals surface area contributed by atoms with Gasteiger partial charge in [0.05, 0.1) is 27.9 Å². The van der Waals surface area contributed by atoms with Crippen molar-refractivity contribution in [3.8, 4) is 0 Å². The number of halogens is 1. The molecule has 0 rings (SSSR count). The second kappa shape index (κ2) is 8.01. The average molecular weight is 359 g/mol. The Morgan fingerprint density at radius 2 is 2.07 bits per heavy atom. The zero-order valence-corrected chi connectivity index (χ0v) is 13.1. The van der Waals surface area contributed by atoms with E-state index in [0.29, 0.717) is 0 Å². The maximum absolute atomic E-state index is 5.25. The molecular weight excluding hydrogens is 345 g/mol. The van der Waals surface area contributed by atoms with Gasteiger partial charge in [-0.25, -0.2) is 0 Å². The Morgan fingerprint density at radius 3 is 2.50 bits per heavy atom. The number of hydrogen-bond donors (Lipinski definition) is 0. The lowest BCUT2D eigenvalue weighted by molar-refractivity contribution is 0.944. The summed E-state index contributed by atoms with van der Waals surface area (Å²) in [5.74, 6) is 0. The first-order chi connectivity index (χ1) is 6.52. The second-order valence-electron chi connectivity index (χ2n) is 2.72. The van der Waals surface area contributed by atoms with E-state index in [2.05, 4.69) is 29.8 Å². The van der Waals surface area contributed by atoms with Crippen LogP contribution in [-0.2, 0) is 0 Å². The second-order valence-corrected chi connectivity index (χ2v) is 5.63. The molecule has 0 unspecified atom stereocenters. The summed E-state index contributed by atoms with van der Waals surface area (Å²) in [5.41, 5.74) is 0. The van der Waals surface area contributed by atoms with Crippen LogP contribution in [0.4, 0.5) is 0 Å². The van der Waals surface area contributed by atoms with Gasteiger partial charge in [0, 0.05) is 0 Å². The summed E-state index contributed by atoms with van der Waals surface area (Å²) < 4.78 is 1.88. The molecule has 0 heterocycles. The number of thiocarbonyl (C=S) groups is 2. The third-order valence-electron chi connectivity index (χ3n) is 1.53. The predicted octanol–water partition coefficient (Wildman–Crippen LogP) is 4.36. The summed E-state index contributed by atoms with van der Waals surface area (Å²) >= 11 is 14.3. The van der Waals surface area contributed by atoms with Crippen LogP contribution < -0.4 is 0 Å². The molecule has 0 aromatic rings. The zero-order valence-electron chi connectivity index (χ0n) is 8.54. The van der Waals surface area contributed by atoms with E-state index in [1.54, 1.807) is 11.8 Å².